The summed E-state index contributed by atoms with van der Waals surface area (Å²) < 4.78 is 28.2. The van der Waals surface area contributed by atoms with Crippen LogP contribution in [0.25, 0.3) is 0 Å². The van der Waals surface area contributed by atoms with Gasteiger partial charge in [-0.05, 0) is 116 Å². The van der Waals surface area contributed by atoms with E-state index in [0.717, 1.165) is 122 Å². The Hall–Kier alpha value is -5.14. The summed E-state index contributed by atoms with van der Waals surface area (Å²) in [5, 5.41) is 31.5. The van der Waals surface area contributed by atoms with Crippen LogP contribution in [0.5, 0.6) is 0 Å². The Labute approximate surface area is 464 Å². The molecule has 6 unspecified atom stereocenters. The van der Waals surface area contributed by atoms with E-state index in [4.69, 9.17) is 23.7 Å². The molecule has 1 aliphatic heterocycles. The molecule has 12 heteroatoms. The number of unbranched alkanes of at least 4 members (excludes halogenated alkanes) is 12. The summed E-state index contributed by atoms with van der Waals surface area (Å²) >= 11 is 0. The number of aliphatic hydroxyl groups excluding tert-OH is 2. The quantitative estimate of drug-likeness (QED) is 0.0228. The Balaban J connectivity index is 2.78. The van der Waals surface area contributed by atoms with E-state index in [-0.39, 0.29) is 19.3 Å². The van der Waals surface area contributed by atoms with Crippen LogP contribution in [0.15, 0.2) is 134 Å². The molecule has 0 aromatic rings. The zero-order valence-electron chi connectivity index (χ0n) is 47.4. The maximum atomic E-state index is 13.1. The van der Waals surface area contributed by atoms with Gasteiger partial charge >= 0.3 is 23.9 Å². The van der Waals surface area contributed by atoms with Gasteiger partial charge in [0.15, 0.2) is 24.6 Å². The highest BCUT2D eigenvalue weighted by Crippen LogP contribution is 2.26. The lowest BCUT2D eigenvalue weighted by Gasteiger charge is -2.40. The van der Waals surface area contributed by atoms with Gasteiger partial charge in [0.1, 0.15) is 18.8 Å². The molecule has 0 bridgehead atoms. The number of rotatable bonds is 47. The van der Waals surface area contributed by atoms with Gasteiger partial charge in [0, 0.05) is 12.8 Å². The van der Waals surface area contributed by atoms with Crippen molar-refractivity contribution in [3.05, 3.63) is 134 Å². The molecule has 0 aromatic carbocycles. The first kappa shape index (κ1) is 69.9. The largest absolute Gasteiger partial charge is 0.479 e. The molecule has 0 aliphatic carbocycles. The highest BCUT2D eigenvalue weighted by atomic mass is 16.7. The van der Waals surface area contributed by atoms with E-state index >= 15 is 0 Å². The van der Waals surface area contributed by atoms with Crippen LogP contribution in [0.4, 0.5) is 0 Å². The monoisotopic (exact) mass is 1070 g/mol. The molecule has 1 aliphatic rings. The number of hydrogen-bond acceptors (Lipinski definition) is 11. The van der Waals surface area contributed by atoms with E-state index in [1.807, 2.05) is 12.2 Å². The molecule has 1 rings (SSSR count). The van der Waals surface area contributed by atoms with Gasteiger partial charge in [-0.15, -0.1) is 0 Å². The number of ether oxygens (including phenoxy) is 5. The molecule has 432 valence electrons. The summed E-state index contributed by atoms with van der Waals surface area (Å²) in [7, 11) is 0. The van der Waals surface area contributed by atoms with E-state index in [2.05, 4.69) is 136 Å². The first-order valence-corrected chi connectivity index (χ1v) is 29.2. The first-order valence-electron chi connectivity index (χ1n) is 29.2. The fourth-order valence-electron chi connectivity index (χ4n) is 7.81. The minimum Gasteiger partial charge on any atom is -0.479 e. The van der Waals surface area contributed by atoms with Crippen LogP contribution in [0, 0.1) is 0 Å². The lowest BCUT2D eigenvalue weighted by atomic mass is 9.98. The Morgan fingerprint density at radius 1 is 0.455 bits per heavy atom. The van der Waals surface area contributed by atoms with Crippen molar-refractivity contribution in [3.8, 4) is 0 Å². The normalized spacial score (nSPS) is 19.0. The average Bonchev–Trinajstić information content (AvgIpc) is 3.42. The molecule has 0 radical (unpaired) electrons. The molecule has 0 amide bonds. The number of carboxylic acid groups (broad SMARTS) is 1. The summed E-state index contributed by atoms with van der Waals surface area (Å²) in [6.45, 7) is 5.59. The van der Waals surface area contributed by atoms with Gasteiger partial charge in [-0.25, -0.2) is 4.79 Å². The third-order valence-electron chi connectivity index (χ3n) is 12.2. The molecule has 77 heavy (non-hydrogen) atoms. The molecule has 0 saturated carbocycles. The maximum Gasteiger partial charge on any atom is 0.335 e. The van der Waals surface area contributed by atoms with Crippen LogP contribution >= 0.6 is 0 Å². The smallest absolute Gasteiger partial charge is 0.335 e. The van der Waals surface area contributed by atoms with Crippen LogP contribution < -0.4 is 0 Å². The van der Waals surface area contributed by atoms with Crippen LogP contribution in [-0.4, -0.2) is 89.2 Å². The second-order valence-electron chi connectivity index (χ2n) is 19.2. The van der Waals surface area contributed by atoms with E-state index in [1.165, 1.54) is 19.3 Å². The highest BCUT2D eigenvalue weighted by Gasteiger charge is 2.50. The molecule has 1 fully saturated rings. The van der Waals surface area contributed by atoms with Gasteiger partial charge in [-0.1, -0.05) is 199 Å². The van der Waals surface area contributed by atoms with E-state index in [0.29, 0.717) is 19.3 Å². The van der Waals surface area contributed by atoms with Crippen molar-refractivity contribution in [1.82, 2.24) is 0 Å². The van der Waals surface area contributed by atoms with Crippen molar-refractivity contribution >= 4 is 23.9 Å². The summed E-state index contributed by atoms with van der Waals surface area (Å²) in [5.74, 6) is -3.37. The topological polar surface area (TPSA) is 175 Å². The summed E-state index contributed by atoms with van der Waals surface area (Å²) in [4.78, 5) is 51.0. The predicted molar refractivity (Wildman–Crippen MR) is 312 cm³/mol. The van der Waals surface area contributed by atoms with Crippen LogP contribution in [0.2, 0.25) is 0 Å². The number of allylic oxidation sites excluding steroid dienone is 21. The fraction of sp³-hybridized carbons (Fsp3) is 0.600. The number of hydrogen-bond donors (Lipinski definition) is 3. The third-order valence-corrected chi connectivity index (χ3v) is 12.2. The SMILES string of the molecule is CC/C=C\C/C=C\C/C=C\C/C=C\C/C=C\CC(=O)OCC(COC1OC(C(=O)O)C(O)C(O)C1OC(=O)CCCCCCCCC/C=C\C/C=C\CCCCC)OC(=O)CCCC/C=C\C/C=C\C/C=C\C/C=C\CC. The average molecular weight is 1070 g/mol. The molecule has 1 heterocycles. The summed E-state index contributed by atoms with van der Waals surface area (Å²) in [6.07, 6.45) is 60.2. The summed E-state index contributed by atoms with van der Waals surface area (Å²) in [6, 6.07) is 0. The first-order chi connectivity index (χ1) is 37.6. The number of aliphatic hydroxyl groups is 2. The van der Waals surface area contributed by atoms with Crippen LogP contribution in [-0.2, 0) is 42.9 Å². The van der Waals surface area contributed by atoms with Gasteiger partial charge < -0.3 is 39.0 Å². The van der Waals surface area contributed by atoms with Crippen molar-refractivity contribution in [3.63, 3.8) is 0 Å². The van der Waals surface area contributed by atoms with Gasteiger partial charge in [-0.3, -0.25) is 14.4 Å². The number of aliphatic carboxylic acids is 1. The lowest BCUT2D eigenvalue weighted by molar-refractivity contribution is -0.301. The van der Waals surface area contributed by atoms with Crippen molar-refractivity contribution in [2.45, 2.75) is 237 Å². The minimum absolute atomic E-state index is 0.0304. The van der Waals surface area contributed by atoms with Gasteiger partial charge in [0.05, 0.1) is 13.0 Å². The van der Waals surface area contributed by atoms with Crippen molar-refractivity contribution in [1.29, 1.82) is 0 Å². The maximum absolute atomic E-state index is 13.1. The Bertz CT molecular complexity index is 1850. The van der Waals surface area contributed by atoms with Crippen molar-refractivity contribution in [2.24, 2.45) is 0 Å². The molecule has 6 atom stereocenters. The number of carboxylic acids is 1. The standard InChI is InChI=1S/C65H100O12/c1-4-7-10-13-16-19-22-25-28-29-32-35-38-41-44-47-50-53-59(68)76-63-61(70)60(69)62(64(71)72)77-65(63)74-55-56(75-58(67)52-49-46-43-40-37-34-31-27-24-21-18-15-12-9-6-3)54-73-57(66)51-48-45-42-39-36-33-30-26-23-20-17-14-11-8-5-2/h8-9,11-12,16-21,25-28,30-31,36-37,39-40,45,48,56,60-63,65,69-70H,4-7,10,13-15,22-24,29,32-35,38,41-44,46-47,49-55H2,1-3H3,(H,71,72)/b11-8-,12-9-,19-16-,20-17-,21-18-,28-25-,30-26-,31-27-,39-36-,40-37-,48-45-. The summed E-state index contributed by atoms with van der Waals surface area (Å²) in [5.41, 5.74) is 0. The predicted octanol–water partition coefficient (Wildman–Crippen LogP) is 15.0. The Morgan fingerprint density at radius 3 is 1.34 bits per heavy atom. The number of carbonyl (C=O) groups is 4. The molecular formula is C65H100O12. The van der Waals surface area contributed by atoms with E-state index in [9.17, 15) is 34.5 Å². The molecule has 1 saturated heterocycles. The Morgan fingerprint density at radius 2 is 0.857 bits per heavy atom. The lowest BCUT2D eigenvalue weighted by Crippen LogP contribution is -2.61. The van der Waals surface area contributed by atoms with Gasteiger partial charge in [0.25, 0.3) is 0 Å². The third kappa shape index (κ3) is 41.6. The highest BCUT2D eigenvalue weighted by molar-refractivity contribution is 5.74. The zero-order chi connectivity index (χ0) is 56.1. The van der Waals surface area contributed by atoms with Crippen molar-refractivity contribution in [2.75, 3.05) is 13.2 Å². The van der Waals surface area contributed by atoms with E-state index in [1.54, 1.807) is 6.08 Å². The van der Waals surface area contributed by atoms with E-state index < -0.39 is 73.9 Å². The number of esters is 3. The fourth-order valence-corrected chi connectivity index (χ4v) is 7.81. The molecule has 0 aromatic heterocycles. The van der Waals surface area contributed by atoms with Crippen LogP contribution in [0.3, 0.4) is 0 Å². The van der Waals surface area contributed by atoms with Gasteiger partial charge in [0.2, 0.25) is 0 Å². The van der Waals surface area contributed by atoms with Gasteiger partial charge in [-0.2, -0.15) is 0 Å². The minimum atomic E-state index is -1.93. The van der Waals surface area contributed by atoms with Crippen molar-refractivity contribution < 1.29 is 58.2 Å². The second kappa shape index (κ2) is 51.6. The molecule has 12 nitrogen and oxygen atoms in total. The zero-order valence-corrected chi connectivity index (χ0v) is 47.4. The molecule has 0 spiro atoms. The number of carbonyl (C=O) groups excluding carboxylic acids is 3. The Kier molecular flexibility index (Phi) is 46.8. The van der Waals surface area contributed by atoms with Crippen LogP contribution in [0.1, 0.15) is 201 Å². The second-order valence-corrected chi connectivity index (χ2v) is 19.2. The molecular weight excluding hydrogens is 973 g/mol. The molecule has 3 N–H and O–H groups in total.